The molecule has 2 heterocycles. The van der Waals surface area contributed by atoms with Gasteiger partial charge in [-0.3, -0.25) is 0 Å². The molecular weight excluding hydrogens is 775 g/mol. The third kappa shape index (κ3) is 8.56. The molecule has 0 N–H and O–H groups in total. The molecule has 9 heteroatoms. The lowest BCUT2D eigenvalue weighted by molar-refractivity contribution is -0.438. The monoisotopic (exact) mass is 834 g/mol. The second-order valence-electron chi connectivity index (χ2n) is 17.0. The van der Waals surface area contributed by atoms with Crippen LogP contribution < -0.4 is 9.80 Å². The average molecular weight is 835 g/mol. The third-order valence-corrected chi connectivity index (χ3v) is 12.5. The normalized spacial score (nSPS) is 17.6. The van der Waals surface area contributed by atoms with Crippen LogP contribution in [0, 0.1) is 0 Å². The van der Waals surface area contributed by atoms with E-state index in [2.05, 4.69) is 139 Å². The summed E-state index contributed by atoms with van der Waals surface area (Å²) in [5.41, 5.74) is 12.7. The minimum Gasteiger partial charge on any atom is -0.465 e. The Kier molecular flexibility index (Phi) is 13.4. The molecule has 322 valence electrons. The molecule has 0 atom stereocenters. The number of carbonyl (C=O) groups excluding carboxylic acids is 2. The van der Waals surface area contributed by atoms with Gasteiger partial charge in [-0.05, 0) is 110 Å². The van der Waals surface area contributed by atoms with Crippen LogP contribution in [0.2, 0.25) is 0 Å². The standard InChI is InChI=1S/C53H60N3O6/c1-52(2)43-35-39(50(57)61-7)23-27-45(43)54(31-15-33-59-5)47(52)29-25-37-21-22-38(49(37)56(41-17-11-9-12-18-41)42-19-13-10-14-20-42)26-30-48-53(3,4)44-36-40(51(58)62-8)24-28-46(44)55(48)32-16-34-60-6/h9-14,17-20,23-30,35-36H,15-16,21-22,31-34H2,1-8H3/q+1. The molecule has 4 aromatic carbocycles. The Morgan fingerprint density at radius 1 is 0.694 bits per heavy atom. The highest BCUT2D eigenvalue weighted by molar-refractivity contribution is 6.04. The number of anilines is 3. The molecule has 0 saturated heterocycles. The van der Waals surface area contributed by atoms with E-state index < -0.39 is 10.8 Å². The first-order chi connectivity index (χ1) is 30.0. The molecule has 0 spiro atoms. The van der Waals surface area contributed by atoms with Crippen molar-refractivity contribution >= 4 is 40.4 Å². The van der Waals surface area contributed by atoms with Crippen LogP contribution in [-0.4, -0.2) is 77.0 Å². The maximum Gasteiger partial charge on any atom is 0.337 e. The summed E-state index contributed by atoms with van der Waals surface area (Å²) in [5, 5.41) is 0. The lowest BCUT2D eigenvalue weighted by atomic mass is 9.80. The molecule has 0 unspecified atom stereocenters. The van der Waals surface area contributed by atoms with Crippen molar-refractivity contribution in [2.45, 2.75) is 64.2 Å². The zero-order chi connectivity index (χ0) is 44.0. The zero-order valence-corrected chi connectivity index (χ0v) is 37.5. The molecule has 9 nitrogen and oxygen atoms in total. The number of hydrogen-bond acceptors (Lipinski definition) is 8. The molecule has 4 aromatic rings. The van der Waals surface area contributed by atoms with Crippen molar-refractivity contribution < 1.29 is 33.1 Å². The largest absolute Gasteiger partial charge is 0.465 e. The molecular formula is C53H60N3O6+. The van der Waals surface area contributed by atoms with E-state index in [0.717, 1.165) is 89.8 Å². The summed E-state index contributed by atoms with van der Waals surface area (Å²) < 4.78 is 23.6. The molecule has 62 heavy (non-hydrogen) atoms. The van der Waals surface area contributed by atoms with Crippen LogP contribution in [0.1, 0.15) is 85.2 Å². The summed E-state index contributed by atoms with van der Waals surface area (Å²) >= 11 is 0. The van der Waals surface area contributed by atoms with Crippen molar-refractivity contribution in [3.8, 4) is 0 Å². The van der Waals surface area contributed by atoms with Gasteiger partial charge in [0.05, 0.1) is 43.1 Å². The molecule has 3 aliphatic rings. The van der Waals surface area contributed by atoms with Gasteiger partial charge < -0.3 is 28.7 Å². The van der Waals surface area contributed by atoms with Gasteiger partial charge in [0.15, 0.2) is 12.3 Å². The SMILES string of the molecule is COCCCN1/C(=C/C=C2\CCC(/C=C/C3=[N+](CCCOC)c4ccc(C(=O)OC)cc4C3(C)C)=C2N(c2ccccc2)c2ccccc2)C(C)(C)c2cc(C(=O)OC)ccc21. The highest BCUT2D eigenvalue weighted by Crippen LogP contribution is 2.49. The Morgan fingerprint density at radius 2 is 1.29 bits per heavy atom. The highest BCUT2D eigenvalue weighted by Gasteiger charge is 2.45. The number of benzene rings is 4. The number of allylic oxidation sites excluding steroid dienone is 7. The van der Waals surface area contributed by atoms with Crippen LogP contribution in [0.4, 0.5) is 22.7 Å². The van der Waals surface area contributed by atoms with Gasteiger partial charge in [-0.1, -0.05) is 62.4 Å². The van der Waals surface area contributed by atoms with Gasteiger partial charge in [0.1, 0.15) is 0 Å². The molecule has 7 rings (SSSR count). The average Bonchev–Trinajstić information content (AvgIpc) is 3.85. The fourth-order valence-corrected chi connectivity index (χ4v) is 9.30. The van der Waals surface area contributed by atoms with Crippen LogP contribution in [0.5, 0.6) is 0 Å². The number of methoxy groups -OCH3 is 4. The second-order valence-corrected chi connectivity index (χ2v) is 17.0. The van der Waals surface area contributed by atoms with Gasteiger partial charge in [-0.2, -0.15) is 4.58 Å². The topological polar surface area (TPSA) is 80.6 Å². The number of rotatable bonds is 16. The van der Waals surface area contributed by atoms with Gasteiger partial charge in [0.2, 0.25) is 5.69 Å². The van der Waals surface area contributed by atoms with Gasteiger partial charge in [-0.15, -0.1) is 0 Å². The molecule has 2 aliphatic heterocycles. The quantitative estimate of drug-likeness (QED) is 0.0627. The van der Waals surface area contributed by atoms with E-state index in [1.54, 1.807) is 14.2 Å². The highest BCUT2D eigenvalue weighted by atomic mass is 16.5. The molecule has 0 fully saturated rings. The van der Waals surface area contributed by atoms with Gasteiger partial charge in [-0.25, -0.2) is 9.59 Å². The van der Waals surface area contributed by atoms with Gasteiger partial charge in [0.25, 0.3) is 0 Å². The van der Waals surface area contributed by atoms with Crippen molar-refractivity contribution in [1.82, 2.24) is 0 Å². The van der Waals surface area contributed by atoms with Crippen molar-refractivity contribution in [3.05, 3.63) is 166 Å². The van der Waals surface area contributed by atoms with Crippen molar-refractivity contribution in [3.63, 3.8) is 0 Å². The summed E-state index contributed by atoms with van der Waals surface area (Å²) in [5.74, 6) is -0.686. The molecule has 0 aromatic heterocycles. The first-order valence-electron chi connectivity index (χ1n) is 21.6. The van der Waals surface area contributed by atoms with Gasteiger partial charge in [0, 0.05) is 79.7 Å². The summed E-state index contributed by atoms with van der Waals surface area (Å²) in [4.78, 5) is 30.2. The number of fused-ring (bicyclic) bond motifs is 2. The van der Waals surface area contributed by atoms with E-state index in [4.69, 9.17) is 18.9 Å². The van der Waals surface area contributed by atoms with Gasteiger partial charge >= 0.3 is 11.9 Å². The first-order valence-corrected chi connectivity index (χ1v) is 21.6. The molecule has 0 amide bonds. The maximum atomic E-state index is 12.7. The minimum absolute atomic E-state index is 0.343. The fraction of sp³-hybridized carbons (Fsp3) is 0.340. The predicted molar refractivity (Wildman–Crippen MR) is 248 cm³/mol. The Labute approximate surface area is 367 Å². The van der Waals surface area contributed by atoms with E-state index in [0.29, 0.717) is 24.3 Å². The van der Waals surface area contributed by atoms with E-state index in [-0.39, 0.29) is 11.9 Å². The fourth-order valence-electron chi connectivity index (χ4n) is 9.30. The number of ether oxygens (including phenoxy) is 4. The minimum atomic E-state index is -0.396. The van der Waals surface area contributed by atoms with E-state index >= 15 is 0 Å². The summed E-state index contributed by atoms with van der Waals surface area (Å²) in [6, 6.07) is 33.0. The molecule has 0 bridgehead atoms. The van der Waals surface area contributed by atoms with E-state index in [9.17, 15) is 9.59 Å². The number of hydrogen-bond donors (Lipinski definition) is 0. The number of esters is 2. The Morgan fingerprint density at radius 3 is 1.90 bits per heavy atom. The molecule has 1 aliphatic carbocycles. The Bertz CT molecular complexity index is 2420. The predicted octanol–water partition coefficient (Wildman–Crippen LogP) is 10.8. The summed E-state index contributed by atoms with van der Waals surface area (Å²) in [6.07, 6.45) is 12.6. The Balaban J connectivity index is 1.39. The summed E-state index contributed by atoms with van der Waals surface area (Å²) in [6.45, 7) is 11.8. The maximum absolute atomic E-state index is 12.7. The van der Waals surface area contributed by atoms with Crippen LogP contribution in [0.3, 0.4) is 0 Å². The van der Waals surface area contributed by atoms with Crippen LogP contribution in [-0.2, 0) is 29.8 Å². The number of nitrogens with zero attached hydrogens (tertiary/aromatic N) is 3. The Hall–Kier alpha value is -6.03. The lowest BCUT2D eigenvalue weighted by Gasteiger charge is -2.29. The number of carbonyl (C=O) groups is 2. The van der Waals surface area contributed by atoms with Crippen molar-refractivity contribution in [2.24, 2.45) is 0 Å². The lowest BCUT2D eigenvalue weighted by Crippen LogP contribution is -2.28. The van der Waals surface area contributed by atoms with Crippen LogP contribution >= 0.6 is 0 Å². The van der Waals surface area contributed by atoms with Crippen LogP contribution in [0.15, 0.2) is 144 Å². The van der Waals surface area contributed by atoms with E-state index in [1.165, 1.54) is 25.4 Å². The van der Waals surface area contributed by atoms with E-state index in [1.807, 2.05) is 24.3 Å². The first kappa shape index (κ1) is 44.0. The van der Waals surface area contributed by atoms with Crippen molar-refractivity contribution in [1.29, 1.82) is 0 Å². The summed E-state index contributed by atoms with van der Waals surface area (Å²) in [7, 11) is 6.32. The molecule has 0 radical (unpaired) electrons. The smallest absolute Gasteiger partial charge is 0.337 e. The number of para-hydroxylation sites is 2. The van der Waals surface area contributed by atoms with Crippen molar-refractivity contribution in [2.75, 3.05) is 64.5 Å². The van der Waals surface area contributed by atoms with Crippen LogP contribution in [0.25, 0.3) is 0 Å². The second kappa shape index (κ2) is 18.9. The third-order valence-electron chi connectivity index (χ3n) is 12.5. The molecule has 0 saturated carbocycles. The zero-order valence-electron chi connectivity index (χ0n) is 37.5.